The zero-order chi connectivity index (χ0) is 16.8. The fourth-order valence-electron chi connectivity index (χ4n) is 2.78. The summed E-state index contributed by atoms with van der Waals surface area (Å²) in [6.45, 7) is 4.69. The van der Waals surface area contributed by atoms with Gasteiger partial charge >= 0.3 is 0 Å². The summed E-state index contributed by atoms with van der Waals surface area (Å²) in [5.41, 5.74) is 8.75. The van der Waals surface area contributed by atoms with Crippen LogP contribution in [0.4, 0.5) is 0 Å². The van der Waals surface area contributed by atoms with Gasteiger partial charge in [-0.05, 0) is 26.0 Å². The van der Waals surface area contributed by atoms with E-state index < -0.39 is 5.91 Å². The molecule has 0 aliphatic rings. The molecule has 0 aliphatic heterocycles. The van der Waals surface area contributed by atoms with Crippen molar-refractivity contribution in [2.75, 3.05) is 0 Å². The normalized spacial score (nSPS) is 11.4. The van der Waals surface area contributed by atoms with Crippen molar-refractivity contribution in [1.82, 2.24) is 29.7 Å². The SMILES string of the molecule is CCn1nc(C)cc1-c1ncc2c(n1)[nH]c1ncc(C(N)=O)cc12. The molecule has 0 radical (unpaired) electrons. The first-order chi connectivity index (χ1) is 11.6. The van der Waals surface area contributed by atoms with Crippen molar-refractivity contribution in [2.24, 2.45) is 5.73 Å². The van der Waals surface area contributed by atoms with Crippen molar-refractivity contribution >= 4 is 28.0 Å². The van der Waals surface area contributed by atoms with E-state index in [1.165, 1.54) is 6.20 Å². The molecule has 0 aromatic carbocycles. The van der Waals surface area contributed by atoms with Crippen LogP contribution < -0.4 is 5.73 Å². The lowest BCUT2D eigenvalue weighted by Crippen LogP contribution is -2.10. The van der Waals surface area contributed by atoms with Crippen molar-refractivity contribution in [3.8, 4) is 11.5 Å². The fraction of sp³-hybridized carbons (Fsp3) is 0.188. The summed E-state index contributed by atoms with van der Waals surface area (Å²) in [4.78, 5) is 27.8. The molecule has 0 aliphatic carbocycles. The topological polar surface area (TPSA) is 115 Å². The van der Waals surface area contributed by atoms with Gasteiger partial charge in [-0.15, -0.1) is 0 Å². The maximum absolute atomic E-state index is 11.3. The van der Waals surface area contributed by atoms with Crippen LogP contribution in [0.15, 0.2) is 24.5 Å². The maximum Gasteiger partial charge on any atom is 0.250 e. The number of aryl methyl sites for hydroxylation is 2. The molecule has 3 N–H and O–H groups in total. The molecule has 4 rings (SSSR count). The van der Waals surface area contributed by atoms with E-state index in [2.05, 4.69) is 25.0 Å². The number of amides is 1. The lowest BCUT2D eigenvalue weighted by Gasteiger charge is -2.02. The third kappa shape index (κ3) is 2.11. The summed E-state index contributed by atoms with van der Waals surface area (Å²) in [5, 5.41) is 5.99. The molecule has 0 saturated carbocycles. The first-order valence-corrected chi connectivity index (χ1v) is 7.56. The van der Waals surface area contributed by atoms with Crippen LogP contribution in [0, 0.1) is 6.92 Å². The minimum atomic E-state index is -0.515. The Balaban J connectivity index is 1.92. The van der Waals surface area contributed by atoms with Gasteiger partial charge in [0.1, 0.15) is 17.0 Å². The molecule has 0 atom stereocenters. The number of nitrogens with two attached hydrogens (primary N) is 1. The number of rotatable bonds is 3. The molecule has 0 saturated heterocycles. The van der Waals surface area contributed by atoms with Gasteiger partial charge in [-0.1, -0.05) is 0 Å². The predicted molar refractivity (Wildman–Crippen MR) is 89.3 cm³/mol. The molecule has 8 heteroatoms. The number of carbonyl (C=O) groups is 1. The summed E-state index contributed by atoms with van der Waals surface area (Å²) in [6.07, 6.45) is 3.18. The second kappa shape index (κ2) is 5.12. The third-order valence-electron chi connectivity index (χ3n) is 3.92. The Kier molecular flexibility index (Phi) is 3.05. The summed E-state index contributed by atoms with van der Waals surface area (Å²) in [5.74, 6) is 0.0743. The Morgan fingerprint density at radius 1 is 1.21 bits per heavy atom. The van der Waals surface area contributed by atoms with Crippen LogP contribution in [-0.4, -0.2) is 35.6 Å². The van der Waals surface area contributed by atoms with E-state index in [0.717, 1.165) is 28.7 Å². The van der Waals surface area contributed by atoms with Crippen molar-refractivity contribution in [2.45, 2.75) is 20.4 Å². The fourth-order valence-corrected chi connectivity index (χ4v) is 2.78. The smallest absolute Gasteiger partial charge is 0.250 e. The molecule has 0 spiro atoms. The van der Waals surface area contributed by atoms with Crippen molar-refractivity contribution in [3.63, 3.8) is 0 Å². The van der Waals surface area contributed by atoms with Gasteiger partial charge in [-0.3, -0.25) is 9.48 Å². The summed E-state index contributed by atoms with van der Waals surface area (Å²) >= 11 is 0. The van der Waals surface area contributed by atoms with E-state index in [0.29, 0.717) is 22.7 Å². The average molecular weight is 321 g/mol. The van der Waals surface area contributed by atoms with Gasteiger partial charge < -0.3 is 10.7 Å². The lowest BCUT2D eigenvalue weighted by atomic mass is 10.2. The quantitative estimate of drug-likeness (QED) is 0.597. The molecule has 4 aromatic rings. The van der Waals surface area contributed by atoms with Crippen LogP contribution in [0.5, 0.6) is 0 Å². The predicted octanol–water partition coefficient (Wildman–Crippen LogP) is 1.80. The molecule has 0 unspecified atom stereocenters. The number of primary amides is 1. The van der Waals surface area contributed by atoms with Crippen molar-refractivity contribution in [3.05, 3.63) is 35.8 Å². The standard InChI is InChI=1S/C16H15N7O/c1-3-23-12(4-8(2)22-23)16-19-7-11-10-5-9(13(17)24)6-18-14(10)20-15(11)21-16/h4-7H,3H2,1-2H3,(H2,17,24)(H,18,19,20,21). The van der Waals surface area contributed by atoms with Gasteiger partial charge in [0.25, 0.3) is 0 Å². The number of H-pyrrole nitrogens is 1. The molecular weight excluding hydrogens is 306 g/mol. The average Bonchev–Trinajstić information content (AvgIpc) is 3.13. The number of nitrogens with zero attached hydrogens (tertiary/aromatic N) is 5. The summed E-state index contributed by atoms with van der Waals surface area (Å²) < 4.78 is 1.86. The first-order valence-electron chi connectivity index (χ1n) is 7.56. The van der Waals surface area contributed by atoms with Gasteiger partial charge in [-0.2, -0.15) is 5.10 Å². The number of carbonyl (C=O) groups excluding carboxylic acids is 1. The Labute approximate surface area is 136 Å². The highest BCUT2D eigenvalue weighted by Gasteiger charge is 2.14. The van der Waals surface area contributed by atoms with Gasteiger partial charge in [-0.25, -0.2) is 15.0 Å². The van der Waals surface area contributed by atoms with Crippen LogP contribution in [0.2, 0.25) is 0 Å². The van der Waals surface area contributed by atoms with Crippen LogP contribution in [-0.2, 0) is 6.54 Å². The van der Waals surface area contributed by atoms with Crippen molar-refractivity contribution in [1.29, 1.82) is 0 Å². The van der Waals surface area contributed by atoms with Crippen LogP contribution >= 0.6 is 0 Å². The number of hydrogen-bond donors (Lipinski definition) is 2. The molecule has 24 heavy (non-hydrogen) atoms. The second-order valence-corrected chi connectivity index (χ2v) is 5.55. The molecule has 1 amide bonds. The number of fused-ring (bicyclic) bond motifs is 3. The van der Waals surface area contributed by atoms with E-state index in [-0.39, 0.29) is 0 Å². The molecule has 120 valence electrons. The van der Waals surface area contributed by atoms with Crippen molar-refractivity contribution < 1.29 is 4.79 Å². The zero-order valence-corrected chi connectivity index (χ0v) is 13.2. The molecule has 4 heterocycles. The van der Waals surface area contributed by atoms with Crippen LogP contribution in [0.1, 0.15) is 23.0 Å². The van der Waals surface area contributed by atoms with E-state index in [9.17, 15) is 4.79 Å². The van der Waals surface area contributed by atoms with E-state index >= 15 is 0 Å². The monoisotopic (exact) mass is 321 g/mol. The van der Waals surface area contributed by atoms with Gasteiger partial charge in [0.05, 0.1) is 11.3 Å². The van der Waals surface area contributed by atoms with Crippen LogP contribution in [0.3, 0.4) is 0 Å². The summed E-state index contributed by atoms with van der Waals surface area (Å²) in [6, 6.07) is 3.66. The Bertz CT molecular complexity index is 1090. The van der Waals surface area contributed by atoms with Gasteiger partial charge in [0, 0.05) is 29.7 Å². The third-order valence-corrected chi connectivity index (χ3v) is 3.92. The molecular formula is C16H15N7O. The van der Waals surface area contributed by atoms with E-state index in [1.54, 1.807) is 12.3 Å². The van der Waals surface area contributed by atoms with Crippen LogP contribution in [0.25, 0.3) is 33.6 Å². The Morgan fingerprint density at radius 3 is 2.79 bits per heavy atom. The minimum absolute atomic E-state index is 0.354. The number of aromatic amines is 1. The zero-order valence-electron chi connectivity index (χ0n) is 13.2. The highest BCUT2D eigenvalue weighted by atomic mass is 16.1. The summed E-state index contributed by atoms with van der Waals surface area (Å²) in [7, 11) is 0. The molecule has 0 bridgehead atoms. The number of hydrogen-bond acceptors (Lipinski definition) is 5. The van der Waals surface area contributed by atoms with E-state index in [1.807, 2.05) is 24.6 Å². The van der Waals surface area contributed by atoms with Gasteiger partial charge in [0.2, 0.25) is 5.91 Å². The highest BCUT2D eigenvalue weighted by molar-refractivity contribution is 6.07. The number of nitrogens with one attached hydrogen (secondary N) is 1. The van der Waals surface area contributed by atoms with E-state index in [4.69, 9.17) is 5.73 Å². The Morgan fingerprint density at radius 2 is 2.04 bits per heavy atom. The highest BCUT2D eigenvalue weighted by Crippen LogP contribution is 2.25. The largest absolute Gasteiger partial charge is 0.366 e. The molecule has 0 fully saturated rings. The number of aromatic nitrogens is 6. The van der Waals surface area contributed by atoms with Gasteiger partial charge in [0.15, 0.2) is 5.82 Å². The molecule has 8 nitrogen and oxygen atoms in total. The second-order valence-electron chi connectivity index (χ2n) is 5.55. The molecule has 4 aromatic heterocycles. The maximum atomic E-state index is 11.3. The first kappa shape index (κ1) is 14.3. The Hall–Kier alpha value is -3.29. The minimum Gasteiger partial charge on any atom is -0.366 e. The lowest BCUT2D eigenvalue weighted by molar-refractivity contribution is 0.1000. The number of pyridine rings is 1.